The number of benzene rings is 1. The highest BCUT2D eigenvalue weighted by Crippen LogP contribution is 2.23. The Bertz CT molecular complexity index is 434. The van der Waals surface area contributed by atoms with E-state index in [9.17, 15) is 0 Å². The van der Waals surface area contributed by atoms with Crippen LogP contribution in [0, 0.1) is 0 Å². The van der Waals surface area contributed by atoms with Gasteiger partial charge in [-0.25, -0.2) is 0 Å². The summed E-state index contributed by atoms with van der Waals surface area (Å²) >= 11 is 3.42. The highest BCUT2D eigenvalue weighted by molar-refractivity contribution is 9.10. The molecule has 2 rings (SSSR count). The molecule has 0 saturated carbocycles. The third-order valence-corrected chi connectivity index (χ3v) is 2.47. The van der Waals surface area contributed by atoms with E-state index < -0.39 is 0 Å². The lowest BCUT2D eigenvalue weighted by Gasteiger charge is -1.94. The van der Waals surface area contributed by atoms with Crippen molar-refractivity contribution in [1.82, 2.24) is 0 Å². The number of furan rings is 1. The number of halogens is 1. The maximum absolute atomic E-state index is 5.58. The minimum absolute atomic E-state index is 0.544. The molecule has 0 spiro atoms. The van der Waals surface area contributed by atoms with E-state index in [0.29, 0.717) is 13.2 Å². The van der Waals surface area contributed by atoms with Crippen molar-refractivity contribution in [3.8, 4) is 0 Å². The zero-order chi connectivity index (χ0) is 9.97. The van der Waals surface area contributed by atoms with Crippen LogP contribution in [0.3, 0.4) is 0 Å². The molecule has 0 aliphatic carbocycles. The number of hydrogen-bond donors (Lipinski definition) is 0. The second-order valence-corrected chi connectivity index (χ2v) is 3.95. The van der Waals surface area contributed by atoms with Crippen molar-refractivity contribution in [1.29, 1.82) is 0 Å². The van der Waals surface area contributed by atoms with E-state index in [1.54, 1.807) is 0 Å². The molecule has 2 nitrogen and oxygen atoms in total. The van der Waals surface area contributed by atoms with Gasteiger partial charge in [-0.1, -0.05) is 15.9 Å². The second kappa shape index (κ2) is 4.15. The van der Waals surface area contributed by atoms with Crippen molar-refractivity contribution in [2.45, 2.75) is 13.5 Å². The fourth-order valence-corrected chi connectivity index (χ4v) is 1.72. The van der Waals surface area contributed by atoms with Crippen LogP contribution in [-0.4, -0.2) is 6.61 Å². The molecule has 0 unspecified atom stereocenters. The summed E-state index contributed by atoms with van der Waals surface area (Å²) in [6.45, 7) is 3.22. The normalized spacial score (nSPS) is 11.0. The molecule has 0 saturated heterocycles. The summed E-state index contributed by atoms with van der Waals surface area (Å²) in [5.74, 6) is 0.875. The van der Waals surface area contributed by atoms with Crippen molar-refractivity contribution in [3.05, 3.63) is 34.5 Å². The number of hydrogen-bond acceptors (Lipinski definition) is 2. The van der Waals surface area contributed by atoms with Gasteiger partial charge in [0.15, 0.2) is 0 Å². The Labute approximate surface area is 91.0 Å². The summed E-state index contributed by atoms with van der Waals surface area (Å²) in [5.41, 5.74) is 0.905. The number of rotatable bonds is 3. The average Bonchev–Trinajstić information content (AvgIpc) is 2.56. The molecule has 0 fully saturated rings. The van der Waals surface area contributed by atoms with E-state index in [1.165, 1.54) is 0 Å². The molecule has 0 amide bonds. The van der Waals surface area contributed by atoms with Crippen LogP contribution in [0.25, 0.3) is 11.0 Å². The molecule has 14 heavy (non-hydrogen) atoms. The van der Waals surface area contributed by atoms with E-state index in [-0.39, 0.29) is 0 Å². The SMILES string of the molecule is CCOCc1cc2cc(Br)ccc2o1. The molecule has 2 aromatic rings. The van der Waals surface area contributed by atoms with E-state index in [1.807, 2.05) is 31.2 Å². The van der Waals surface area contributed by atoms with Crippen molar-refractivity contribution >= 4 is 26.9 Å². The molecule has 0 aliphatic rings. The Morgan fingerprint density at radius 1 is 1.36 bits per heavy atom. The average molecular weight is 255 g/mol. The quantitative estimate of drug-likeness (QED) is 0.833. The maximum atomic E-state index is 5.58. The second-order valence-electron chi connectivity index (χ2n) is 3.03. The first kappa shape index (κ1) is 9.74. The van der Waals surface area contributed by atoms with Gasteiger partial charge in [0.05, 0.1) is 0 Å². The lowest BCUT2D eigenvalue weighted by molar-refractivity contribution is 0.119. The van der Waals surface area contributed by atoms with E-state index >= 15 is 0 Å². The molecule has 74 valence electrons. The highest BCUT2D eigenvalue weighted by Gasteiger charge is 2.03. The minimum atomic E-state index is 0.544. The summed E-state index contributed by atoms with van der Waals surface area (Å²) in [4.78, 5) is 0. The van der Waals surface area contributed by atoms with Crippen LogP contribution in [0.4, 0.5) is 0 Å². The minimum Gasteiger partial charge on any atom is -0.459 e. The monoisotopic (exact) mass is 254 g/mol. The molecule has 3 heteroatoms. The van der Waals surface area contributed by atoms with Gasteiger partial charge in [0.25, 0.3) is 0 Å². The smallest absolute Gasteiger partial charge is 0.134 e. The Balaban J connectivity index is 2.32. The van der Waals surface area contributed by atoms with Gasteiger partial charge in [-0.2, -0.15) is 0 Å². The van der Waals surface area contributed by atoms with Gasteiger partial charge < -0.3 is 9.15 Å². The fraction of sp³-hybridized carbons (Fsp3) is 0.273. The molecule has 0 bridgehead atoms. The van der Waals surface area contributed by atoms with Crippen LogP contribution in [0.5, 0.6) is 0 Å². The summed E-state index contributed by atoms with van der Waals surface area (Å²) in [5, 5.41) is 1.11. The van der Waals surface area contributed by atoms with Gasteiger partial charge in [0.1, 0.15) is 18.0 Å². The molecule has 0 atom stereocenters. The molecule has 1 aromatic heterocycles. The third kappa shape index (κ3) is 1.99. The summed E-state index contributed by atoms with van der Waals surface area (Å²) in [7, 11) is 0. The zero-order valence-corrected chi connectivity index (χ0v) is 9.50. The molecule has 1 heterocycles. The Morgan fingerprint density at radius 3 is 3.00 bits per heavy atom. The largest absolute Gasteiger partial charge is 0.459 e. The van der Waals surface area contributed by atoms with Crippen molar-refractivity contribution in [3.63, 3.8) is 0 Å². The molecule has 0 radical (unpaired) electrons. The lowest BCUT2D eigenvalue weighted by Crippen LogP contribution is -1.88. The van der Waals surface area contributed by atoms with Crippen LogP contribution >= 0.6 is 15.9 Å². The van der Waals surface area contributed by atoms with Crippen molar-refractivity contribution in [2.24, 2.45) is 0 Å². The van der Waals surface area contributed by atoms with Crippen molar-refractivity contribution < 1.29 is 9.15 Å². The van der Waals surface area contributed by atoms with Gasteiger partial charge in [0, 0.05) is 16.5 Å². The standard InChI is InChI=1S/C11H11BrO2/c1-2-13-7-10-6-8-5-9(12)3-4-11(8)14-10/h3-6H,2,7H2,1H3. The van der Waals surface area contributed by atoms with Crippen LogP contribution in [0.15, 0.2) is 33.2 Å². The highest BCUT2D eigenvalue weighted by atomic mass is 79.9. The van der Waals surface area contributed by atoms with Crippen LogP contribution < -0.4 is 0 Å². The van der Waals surface area contributed by atoms with Crippen LogP contribution in [0.2, 0.25) is 0 Å². The van der Waals surface area contributed by atoms with E-state index in [2.05, 4.69) is 15.9 Å². The van der Waals surface area contributed by atoms with Crippen molar-refractivity contribution in [2.75, 3.05) is 6.61 Å². The lowest BCUT2D eigenvalue weighted by atomic mass is 10.2. The molecule has 0 N–H and O–H groups in total. The van der Waals surface area contributed by atoms with E-state index in [0.717, 1.165) is 21.2 Å². The fourth-order valence-electron chi connectivity index (χ4n) is 1.34. The Kier molecular flexibility index (Phi) is 2.89. The third-order valence-electron chi connectivity index (χ3n) is 1.98. The van der Waals surface area contributed by atoms with Crippen LogP contribution in [0.1, 0.15) is 12.7 Å². The van der Waals surface area contributed by atoms with Gasteiger partial charge in [0.2, 0.25) is 0 Å². The van der Waals surface area contributed by atoms with Gasteiger partial charge in [-0.05, 0) is 31.2 Å². The Hall–Kier alpha value is -0.800. The maximum Gasteiger partial charge on any atom is 0.134 e. The molecule has 1 aromatic carbocycles. The first-order chi connectivity index (χ1) is 6.79. The summed E-state index contributed by atoms with van der Waals surface area (Å²) in [6, 6.07) is 7.97. The molecular weight excluding hydrogens is 244 g/mol. The predicted octanol–water partition coefficient (Wildman–Crippen LogP) is 3.73. The number of fused-ring (bicyclic) bond motifs is 1. The van der Waals surface area contributed by atoms with E-state index in [4.69, 9.17) is 9.15 Å². The van der Waals surface area contributed by atoms with Crippen LogP contribution in [-0.2, 0) is 11.3 Å². The summed E-state index contributed by atoms with van der Waals surface area (Å²) < 4.78 is 11.9. The first-order valence-electron chi connectivity index (χ1n) is 4.55. The molecular formula is C11H11BrO2. The summed E-state index contributed by atoms with van der Waals surface area (Å²) in [6.07, 6.45) is 0. The predicted molar refractivity (Wildman–Crippen MR) is 59.2 cm³/mol. The Morgan fingerprint density at radius 2 is 2.21 bits per heavy atom. The number of ether oxygens (including phenoxy) is 1. The first-order valence-corrected chi connectivity index (χ1v) is 5.34. The zero-order valence-electron chi connectivity index (χ0n) is 7.92. The van der Waals surface area contributed by atoms with Gasteiger partial charge >= 0.3 is 0 Å². The van der Waals surface area contributed by atoms with Gasteiger partial charge in [-0.15, -0.1) is 0 Å². The van der Waals surface area contributed by atoms with Gasteiger partial charge in [-0.3, -0.25) is 0 Å². The topological polar surface area (TPSA) is 22.4 Å². The molecule has 0 aliphatic heterocycles.